The Morgan fingerprint density at radius 3 is 2.52 bits per heavy atom. The molecule has 0 aliphatic carbocycles. The van der Waals surface area contributed by atoms with Gasteiger partial charge in [-0.1, -0.05) is 30.3 Å². The third-order valence-corrected chi connectivity index (χ3v) is 3.93. The summed E-state index contributed by atoms with van der Waals surface area (Å²) in [5.74, 6) is 0. The molecule has 0 amide bonds. The van der Waals surface area contributed by atoms with E-state index in [4.69, 9.17) is 5.73 Å². The summed E-state index contributed by atoms with van der Waals surface area (Å²) in [6.45, 7) is 1.97. The molecule has 4 heteroatoms. The zero-order chi connectivity index (χ0) is 15.2. The molecule has 0 saturated heterocycles. The SMILES string of the molecule is Cc1cc(NC(CCc2ccccc2)C(O)S)ccc1N. The van der Waals surface area contributed by atoms with Crippen LogP contribution in [-0.2, 0) is 6.42 Å². The van der Waals surface area contributed by atoms with Gasteiger partial charge in [-0.2, -0.15) is 0 Å². The molecule has 2 aromatic rings. The van der Waals surface area contributed by atoms with E-state index < -0.39 is 5.44 Å². The number of rotatable bonds is 6. The number of aliphatic hydroxyl groups excluding tert-OH is 1. The van der Waals surface area contributed by atoms with Gasteiger partial charge in [-0.3, -0.25) is 0 Å². The summed E-state index contributed by atoms with van der Waals surface area (Å²) in [7, 11) is 0. The van der Waals surface area contributed by atoms with Crippen LogP contribution < -0.4 is 11.1 Å². The van der Waals surface area contributed by atoms with E-state index in [1.54, 1.807) is 0 Å². The summed E-state index contributed by atoms with van der Waals surface area (Å²) in [4.78, 5) is 0. The van der Waals surface area contributed by atoms with Crippen LogP contribution in [0.15, 0.2) is 48.5 Å². The smallest absolute Gasteiger partial charge is 0.117 e. The van der Waals surface area contributed by atoms with Crippen LogP contribution in [0.25, 0.3) is 0 Å². The molecular weight excluding hydrogens is 280 g/mol. The molecule has 0 aliphatic rings. The number of aryl methyl sites for hydroxylation is 2. The van der Waals surface area contributed by atoms with Crippen molar-refractivity contribution in [1.82, 2.24) is 0 Å². The summed E-state index contributed by atoms with van der Waals surface area (Å²) in [6, 6.07) is 15.9. The highest BCUT2D eigenvalue weighted by Gasteiger charge is 2.15. The van der Waals surface area contributed by atoms with Crippen LogP contribution in [0, 0.1) is 6.92 Å². The first-order chi connectivity index (χ1) is 10.1. The molecule has 2 aromatic carbocycles. The Balaban J connectivity index is 2.00. The summed E-state index contributed by atoms with van der Waals surface area (Å²) in [6.07, 6.45) is 1.70. The molecular formula is C17H22N2OS. The minimum Gasteiger partial charge on any atom is -0.399 e. The van der Waals surface area contributed by atoms with Crippen LogP contribution in [0.1, 0.15) is 17.5 Å². The Hall–Kier alpha value is -1.65. The third kappa shape index (κ3) is 4.69. The lowest BCUT2D eigenvalue weighted by Crippen LogP contribution is -2.30. The van der Waals surface area contributed by atoms with Gasteiger partial charge in [0.15, 0.2) is 0 Å². The van der Waals surface area contributed by atoms with Crippen molar-refractivity contribution in [3.05, 3.63) is 59.7 Å². The molecule has 0 bridgehead atoms. The molecule has 0 aromatic heterocycles. The second-order valence-electron chi connectivity index (χ2n) is 5.26. The fourth-order valence-corrected chi connectivity index (χ4v) is 2.47. The Labute approximate surface area is 131 Å². The monoisotopic (exact) mass is 302 g/mol. The van der Waals surface area contributed by atoms with Crippen molar-refractivity contribution in [2.24, 2.45) is 0 Å². The van der Waals surface area contributed by atoms with Crippen molar-refractivity contribution in [3.63, 3.8) is 0 Å². The summed E-state index contributed by atoms with van der Waals surface area (Å²) in [5.41, 5.74) is 9.11. The van der Waals surface area contributed by atoms with Gasteiger partial charge < -0.3 is 16.2 Å². The van der Waals surface area contributed by atoms with E-state index in [2.05, 4.69) is 30.1 Å². The number of anilines is 2. The van der Waals surface area contributed by atoms with Gasteiger partial charge in [-0.05, 0) is 49.1 Å². The molecule has 3 nitrogen and oxygen atoms in total. The lowest BCUT2D eigenvalue weighted by atomic mass is 10.0. The number of hydrogen-bond acceptors (Lipinski definition) is 4. The van der Waals surface area contributed by atoms with E-state index in [1.807, 2.05) is 43.3 Å². The van der Waals surface area contributed by atoms with Crippen LogP contribution in [-0.4, -0.2) is 16.6 Å². The first-order valence-electron chi connectivity index (χ1n) is 7.09. The van der Waals surface area contributed by atoms with Crippen molar-refractivity contribution >= 4 is 24.0 Å². The van der Waals surface area contributed by atoms with Crippen molar-refractivity contribution in [1.29, 1.82) is 0 Å². The Morgan fingerprint density at radius 1 is 1.19 bits per heavy atom. The first kappa shape index (κ1) is 15.7. The topological polar surface area (TPSA) is 58.3 Å². The van der Waals surface area contributed by atoms with Crippen LogP contribution in [0.3, 0.4) is 0 Å². The van der Waals surface area contributed by atoms with E-state index in [0.717, 1.165) is 29.8 Å². The zero-order valence-corrected chi connectivity index (χ0v) is 13.1. The molecule has 0 fully saturated rings. The zero-order valence-electron chi connectivity index (χ0n) is 12.2. The summed E-state index contributed by atoms with van der Waals surface area (Å²) < 4.78 is 0. The number of nitrogens with one attached hydrogen (secondary N) is 1. The fraction of sp³-hybridized carbons (Fsp3) is 0.294. The van der Waals surface area contributed by atoms with Crippen molar-refractivity contribution < 1.29 is 5.11 Å². The highest BCUT2D eigenvalue weighted by molar-refractivity contribution is 7.80. The standard InChI is InChI=1S/C17H22N2OS/c1-12-11-14(8-9-15(12)18)19-16(17(20)21)10-7-13-5-3-2-4-6-13/h2-6,8-9,11,16-17,19-21H,7,10,18H2,1H3. The van der Waals surface area contributed by atoms with Crippen molar-refractivity contribution in [3.8, 4) is 0 Å². The maximum absolute atomic E-state index is 9.85. The molecule has 0 heterocycles. The number of hydrogen-bond donors (Lipinski definition) is 4. The minimum absolute atomic E-state index is 0.114. The lowest BCUT2D eigenvalue weighted by molar-refractivity contribution is 0.236. The lowest BCUT2D eigenvalue weighted by Gasteiger charge is -2.22. The van der Waals surface area contributed by atoms with E-state index in [0.29, 0.717) is 0 Å². The molecule has 0 radical (unpaired) electrons. The number of aliphatic hydroxyl groups is 1. The molecule has 2 atom stereocenters. The largest absolute Gasteiger partial charge is 0.399 e. The molecule has 112 valence electrons. The van der Waals surface area contributed by atoms with Crippen molar-refractivity contribution in [2.45, 2.75) is 31.2 Å². The quantitative estimate of drug-likeness (QED) is 0.376. The molecule has 0 aliphatic heterocycles. The third-order valence-electron chi connectivity index (χ3n) is 3.57. The van der Waals surface area contributed by atoms with Gasteiger partial charge >= 0.3 is 0 Å². The van der Waals surface area contributed by atoms with Gasteiger partial charge in [0.25, 0.3) is 0 Å². The first-order valence-corrected chi connectivity index (χ1v) is 7.60. The van der Waals surface area contributed by atoms with Gasteiger partial charge in [0, 0.05) is 11.4 Å². The van der Waals surface area contributed by atoms with Gasteiger partial charge in [-0.15, -0.1) is 12.6 Å². The highest BCUT2D eigenvalue weighted by atomic mass is 32.1. The number of benzene rings is 2. The van der Waals surface area contributed by atoms with Crippen molar-refractivity contribution in [2.75, 3.05) is 11.1 Å². The molecule has 0 spiro atoms. The van der Waals surface area contributed by atoms with Gasteiger partial charge in [0.1, 0.15) is 5.44 Å². The highest BCUT2D eigenvalue weighted by Crippen LogP contribution is 2.20. The summed E-state index contributed by atoms with van der Waals surface area (Å²) in [5, 5.41) is 13.2. The van der Waals surface area contributed by atoms with E-state index in [1.165, 1.54) is 5.56 Å². The minimum atomic E-state index is -0.716. The maximum atomic E-state index is 9.85. The van der Waals surface area contributed by atoms with Crippen LogP contribution >= 0.6 is 12.6 Å². The number of thiol groups is 1. The van der Waals surface area contributed by atoms with E-state index in [9.17, 15) is 5.11 Å². The predicted octanol–water partition coefficient (Wildman–Crippen LogP) is 3.24. The van der Waals surface area contributed by atoms with Crippen LogP contribution in [0.2, 0.25) is 0 Å². The predicted molar refractivity (Wildman–Crippen MR) is 92.8 cm³/mol. The maximum Gasteiger partial charge on any atom is 0.117 e. The second-order valence-corrected chi connectivity index (χ2v) is 5.79. The second kappa shape index (κ2) is 7.38. The molecule has 0 saturated carbocycles. The van der Waals surface area contributed by atoms with Crippen LogP contribution in [0.5, 0.6) is 0 Å². The van der Waals surface area contributed by atoms with E-state index >= 15 is 0 Å². The number of nitrogens with two attached hydrogens (primary N) is 1. The molecule has 21 heavy (non-hydrogen) atoms. The molecule has 4 N–H and O–H groups in total. The normalized spacial score (nSPS) is 13.7. The van der Waals surface area contributed by atoms with Gasteiger partial charge in [0.2, 0.25) is 0 Å². The Bertz CT molecular complexity index is 572. The van der Waals surface area contributed by atoms with Crippen LogP contribution in [0.4, 0.5) is 11.4 Å². The molecule has 2 unspecified atom stereocenters. The average molecular weight is 302 g/mol. The number of nitrogen functional groups attached to an aromatic ring is 1. The Kier molecular flexibility index (Phi) is 5.53. The summed E-state index contributed by atoms with van der Waals surface area (Å²) >= 11 is 4.18. The fourth-order valence-electron chi connectivity index (χ4n) is 2.24. The van der Waals surface area contributed by atoms with Gasteiger partial charge in [0.05, 0.1) is 6.04 Å². The Morgan fingerprint density at radius 2 is 1.90 bits per heavy atom. The average Bonchev–Trinajstić information content (AvgIpc) is 2.48. The van der Waals surface area contributed by atoms with E-state index in [-0.39, 0.29) is 6.04 Å². The van der Waals surface area contributed by atoms with Gasteiger partial charge in [-0.25, -0.2) is 0 Å². The molecule has 2 rings (SSSR count).